The average molecular weight is 418 g/mol. The van der Waals surface area contributed by atoms with Crippen LogP contribution in [0.2, 0.25) is 0 Å². The minimum absolute atomic E-state index is 0.188. The van der Waals surface area contributed by atoms with E-state index in [-0.39, 0.29) is 17.3 Å². The van der Waals surface area contributed by atoms with E-state index < -0.39 is 23.7 Å². The summed E-state index contributed by atoms with van der Waals surface area (Å²) >= 11 is 0. The van der Waals surface area contributed by atoms with E-state index in [0.717, 1.165) is 23.2 Å². The summed E-state index contributed by atoms with van der Waals surface area (Å²) in [4.78, 5) is 12.4. The molecule has 1 saturated heterocycles. The first kappa shape index (κ1) is 24.7. The molecule has 1 aromatic carbocycles. The van der Waals surface area contributed by atoms with Crippen LogP contribution in [0.25, 0.3) is 0 Å². The van der Waals surface area contributed by atoms with Crippen molar-refractivity contribution in [2.75, 3.05) is 14.2 Å². The lowest BCUT2D eigenvalue weighted by Gasteiger charge is -2.41. The Balaban J connectivity index is 2.34. The number of methoxy groups -OCH3 is 2. The Morgan fingerprint density at radius 2 is 1.60 bits per heavy atom. The van der Waals surface area contributed by atoms with Crippen molar-refractivity contribution >= 4 is 18.6 Å². The molecule has 30 heavy (non-hydrogen) atoms. The minimum Gasteiger partial charge on any atom is -0.497 e. The van der Waals surface area contributed by atoms with Gasteiger partial charge in [-0.05, 0) is 70.9 Å². The molecule has 168 valence electrons. The lowest BCUT2D eigenvalue weighted by atomic mass is 9.63. The van der Waals surface area contributed by atoms with Crippen molar-refractivity contribution in [2.45, 2.75) is 85.9 Å². The Morgan fingerprint density at radius 1 is 1.07 bits per heavy atom. The van der Waals surface area contributed by atoms with Crippen molar-refractivity contribution in [3.05, 3.63) is 23.8 Å². The third kappa shape index (κ3) is 4.40. The number of ether oxygens (including phenoxy) is 2. The molecule has 0 N–H and O–H groups in total. The topological polar surface area (TPSA) is 54.0 Å². The van der Waals surface area contributed by atoms with Gasteiger partial charge >= 0.3 is 13.1 Å². The van der Waals surface area contributed by atoms with E-state index in [1.165, 1.54) is 7.11 Å². The van der Waals surface area contributed by atoms with Crippen LogP contribution in [0.3, 0.4) is 0 Å². The summed E-state index contributed by atoms with van der Waals surface area (Å²) in [6, 6.07) is 6.18. The van der Waals surface area contributed by atoms with Gasteiger partial charge in [-0.25, -0.2) is 0 Å². The largest absolute Gasteiger partial charge is 0.498 e. The van der Waals surface area contributed by atoms with Gasteiger partial charge in [0, 0.05) is 5.46 Å². The van der Waals surface area contributed by atoms with Gasteiger partial charge in [-0.15, -0.1) is 0 Å². The predicted octanol–water partition coefficient (Wildman–Crippen LogP) is 4.71. The maximum absolute atomic E-state index is 12.4. The van der Waals surface area contributed by atoms with Crippen molar-refractivity contribution < 1.29 is 23.6 Å². The predicted molar refractivity (Wildman–Crippen MR) is 121 cm³/mol. The number of benzene rings is 1. The Labute approximate surface area is 183 Å². The number of hydrogen-bond acceptors (Lipinski definition) is 5. The Morgan fingerprint density at radius 3 is 2.07 bits per heavy atom. The van der Waals surface area contributed by atoms with Crippen LogP contribution in [-0.4, -0.2) is 38.5 Å². The van der Waals surface area contributed by atoms with Crippen LogP contribution in [-0.2, 0) is 18.8 Å². The first-order valence-electron chi connectivity index (χ1n) is 10.7. The maximum Gasteiger partial charge on any atom is 0.498 e. The van der Waals surface area contributed by atoms with Crippen molar-refractivity contribution in [2.24, 2.45) is 10.8 Å². The van der Waals surface area contributed by atoms with Gasteiger partial charge in [0.05, 0.1) is 30.8 Å². The second-order valence-corrected chi connectivity index (χ2v) is 10.7. The highest BCUT2D eigenvalue weighted by molar-refractivity contribution is 6.63. The highest BCUT2D eigenvalue weighted by Gasteiger charge is 2.52. The summed E-state index contributed by atoms with van der Waals surface area (Å²) in [6.45, 7) is 18.5. The first-order chi connectivity index (χ1) is 13.6. The normalized spacial score (nSPS) is 19.5. The summed E-state index contributed by atoms with van der Waals surface area (Å²) in [5, 5.41) is 0. The highest BCUT2D eigenvalue weighted by atomic mass is 16.7. The number of hydrogen-bond donors (Lipinski definition) is 0. The molecule has 0 bridgehead atoms. The quantitative estimate of drug-likeness (QED) is 0.474. The summed E-state index contributed by atoms with van der Waals surface area (Å²) < 4.78 is 23.2. The van der Waals surface area contributed by atoms with E-state index >= 15 is 0 Å². The molecule has 1 atom stereocenters. The molecule has 0 aliphatic carbocycles. The lowest BCUT2D eigenvalue weighted by molar-refractivity contribution is -0.158. The second-order valence-electron chi connectivity index (χ2n) is 10.7. The number of rotatable bonds is 7. The molecule has 2 rings (SSSR count). The van der Waals surface area contributed by atoms with E-state index in [9.17, 15) is 4.79 Å². The van der Waals surface area contributed by atoms with Crippen LogP contribution in [0.1, 0.15) is 80.2 Å². The summed E-state index contributed by atoms with van der Waals surface area (Å²) in [5.41, 5.74) is 0.356. The molecule has 0 radical (unpaired) electrons. The number of carbonyl (C=O) groups is 1. The van der Waals surface area contributed by atoms with Gasteiger partial charge in [-0.2, -0.15) is 0 Å². The van der Waals surface area contributed by atoms with E-state index in [4.69, 9.17) is 18.8 Å². The standard InChI is InChI=1S/C24H39BO5/c1-16(15-21(2,3)22(4,5)20(26)28-11)17-12-13-19(27-10)18(14-17)25-29-23(6,7)24(8,9)30-25/h12-14,16H,15H2,1-11H3. The van der Waals surface area contributed by atoms with Crippen molar-refractivity contribution in [1.29, 1.82) is 0 Å². The molecule has 0 aromatic heterocycles. The molecule has 5 nitrogen and oxygen atoms in total. The summed E-state index contributed by atoms with van der Waals surface area (Å²) in [5.74, 6) is 0.780. The molecule has 1 unspecified atom stereocenters. The number of esters is 1. The fourth-order valence-corrected chi connectivity index (χ4v) is 3.88. The van der Waals surface area contributed by atoms with Crippen molar-refractivity contribution in [3.8, 4) is 5.75 Å². The molecule has 0 saturated carbocycles. The van der Waals surface area contributed by atoms with E-state index in [1.54, 1.807) is 7.11 Å². The monoisotopic (exact) mass is 418 g/mol. The van der Waals surface area contributed by atoms with Gasteiger partial charge < -0.3 is 18.8 Å². The summed E-state index contributed by atoms with van der Waals surface area (Å²) in [7, 11) is 2.62. The molecular weight excluding hydrogens is 379 g/mol. The van der Waals surface area contributed by atoms with Crippen molar-refractivity contribution in [3.63, 3.8) is 0 Å². The minimum atomic E-state index is -0.600. The zero-order valence-corrected chi connectivity index (χ0v) is 20.6. The summed E-state index contributed by atoms with van der Waals surface area (Å²) in [6.07, 6.45) is 0.824. The zero-order chi connectivity index (χ0) is 23.1. The third-order valence-corrected chi connectivity index (χ3v) is 7.53. The van der Waals surface area contributed by atoms with Crippen LogP contribution >= 0.6 is 0 Å². The van der Waals surface area contributed by atoms with Gasteiger partial charge in [0.1, 0.15) is 5.75 Å². The molecule has 1 aliphatic heterocycles. The fraction of sp³-hybridized carbons (Fsp3) is 0.708. The van der Waals surface area contributed by atoms with Crippen LogP contribution in [0.15, 0.2) is 18.2 Å². The van der Waals surface area contributed by atoms with Crippen LogP contribution < -0.4 is 10.2 Å². The zero-order valence-electron chi connectivity index (χ0n) is 20.6. The van der Waals surface area contributed by atoms with E-state index in [2.05, 4.69) is 32.9 Å². The molecule has 1 aliphatic rings. The fourth-order valence-electron chi connectivity index (χ4n) is 3.88. The molecule has 1 aromatic rings. The van der Waals surface area contributed by atoms with Gasteiger partial charge in [-0.3, -0.25) is 4.79 Å². The average Bonchev–Trinajstić information content (AvgIpc) is 2.87. The Hall–Kier alpha value is -1.53. The van der Waals surface area contributed by atoms with Crippen LogP contribution in [0.5, 0.6) is 5.75 Å². The second kappa shape index (κ2) is 8.20. The molecule has 1 fully saturated rings. The molecule has 1 heterocycles. The van der Waals surface area contributed by atoms with Gasteiger partial charge in [-0.1, -0.05) is 32.9 Å². The van der Waals surface area contributed by atoms with E-state index in [0.29, 0.717) is 0 Å². The highest BCUT2D eigenvalue weighted by Crippen LogP contribution is 2.46. The van der Waals surface area contributed by atoms with Gasteiger partial charge in [0.2, 0.25) is 0 Å². The Kier molecular flexibility index (Phi) is 6.76. The first-order valence-corrected chi connectivity index (χ1v) is 10.7. The smallest absolute Gasteiger partial charge is 0.497 e. The van der Waals surface area contributed by atoms with E-state index in [1.807, 2.05) is 47.6 Å². The third-order valence-electron chi connectivity index (χ3n) is 7.53. The SMILES string of the molecule is COC(=O)C(C)(C)C(C)(C)CC(C)c1ccc(OC)c(B2OC(C)(C)C(C)(C)O2)c1. The number of carbonyl (C=O) groups excluding carboxylic acids is 1. The molecule has 0 amide bonds. The van der Waals surface area contributed by atoms with Crippen LogP contribution in [0, 0.1) is 10.8 Å². The van der Waals surface area contributed by atoms with Crippen LogP contribution in [0.4, 0.5) is 0 Å². The maximum atomic E-state index is 12.4. The van der Waals surface area contributed by atoms with Crippen molar-refractivity contribution in [1.82, 2.24) is 0 Å². The Bertz CT molecular complexity index is 766. The molecular formula is C24H39BO5. The van der Waals surface area contributed by atoms with Gasteiger partial charge in [0.25, 0.3) is 0 Å². The van der Waals surface area contributed by atoms with Gasteiger partial charge in [0.15, 0.2) is 0 Å². The molecule has 6 heteroatoms. The molecule has 0 spiro atoms. The lowest BCUT2D eigenvalue weighted by Crippen LogP contribution is -2.41.